The third kappa shape index (κ3) is 3.14. The number of piperidine rings is 1. The topological polar surface area (TPSA) is 66.7 Å². The van der Waals surface area contributed by atoms with Gasteiger partial charge in [0.1, 0.15) is 5.52 Å². The van der Waals surface area contributed by atoms with Crippen LogP contribution in [-0.2, 0) is 16.1 Å². The summed E-state index contributed by atoms with van der Waals surface area (Å²) < 4.78 is 5.92. The van der Waals surface area contributed by atoms with Crippen molar-refractivity contribution in [2.75, 3.05) is 13.1 Å². The van der Waals surface area contributed by atoms with Gasteiger partial charge >= 0.3 is 0 Å². The fourth-order valence-electron chi connectivity index (χ4n) is 4.20. The molecule has 3 aromatic rings. The largest absolute Gasteiger partial charge is 0.440 e. The maximum absolute atomic E-state index is 12.8. The van der Waals surface area contributed by atoms with Crippen LogP contribution in [0.15, 0.2) is 46.2 Å². The molecule has 2 aromatic heterocycles. The molecule has 0 bridgehead atoms. The van der Waals surface area contributed by atoms with Gasteiger partial charge < -0.3 is 4.42 Å². The Labute approximate surface area is 166 Å². The number of hydrogen-bond donors (Lipinski definition) is 0. The summed E-state index contributed by atoms with van der Waals surface area (Å²) in [5, 5.41) is 1.97. The van der Waals surface area contributed by atoms with E-state index >= 15 is 0 Å². The van der Waals surface area contributed by atoms with Gasteiger partial charge in [-0.15, -0.1) is 11.3 Å². The van der Waals surface area contributed by atoms with Crippen LogP contribution in [0.2, 0.25) is 0 Å². The van der Waals surface area contributed by atoms with Gasteiger partial charge in [-0.25, -0.2) is 4.98 Å². The fourth-order valence-corrected chi connectivity index (χ4v) is 4.89. The van der Waals surface area contributed by atoms with E-state index in [4.69, 9.17) is 4.42 Å². The lowest BCUT2D eigenvalue weighted by Gasteiger charge is -2.33. The average molecular weight is 395 g/mol. The first kappa shape index (κ1) is 17.6. The number of likely N-dealkylation sites (tertiary alicyclic amines) is 2. The number of para-hydroxylation sites is 2. The van der Waals surface area contributed by atoms with Crippen molar-refractivity contribution >= 4 is 34.3 Å². The number of benzene rings is 1. The van der Waals surface area contributed by atoms with Gasteiger partial charge in [0, 0.05) is 10.8 Å². The fraction of sp³-hybridized carbons (Fsp3) is 0.381. The van der Waals surface area contributed by atoms with Crippen molar-refractivity contribution in [3.63, 3.8) is 0 Å². The predicted octanol–water partition coefficient (Wildman–Crippen LogP) is 3.40. The molecule has 4 heterocycles. The molecule has 1 aromatic carbocycles. The Morgan fingerprint density at radius 2 is 1.93 bits per heavy atom. The van der Waals surface area contributed by atoms with E-state index in [9.17, 15) is 9.59 Å². The van der Waals surface area contributed by atoms with Crippen molar-refractivity contribution in [3.05, 3.63) is 52.5 Å². The van der Waals surface area contributed by atoms with E-state index in [-0.39, 0.29) is 30.2 Å². The third-order valence-electron chi connectivity index (χ3n) is 5.74. The Kier molecular flexibility index (Phi) is 4.49. The zero-order valence-electron chi connectivity index (χ0n) is 15.4. The number of carbonyl (C=O) groups excluding carboxylic acids is 2. The zero-order valence-corrected chi connectivity index (χ0v) is 16.2. The van der Waals surface area contributed by atoms with E-state index in [0.29, 0.717) is 6.54 Å². The monoisotopic (exact) mass is 395 g/mol. The van der Waals surface area contributed by atoms with Gasteiger partial charge in [0.05, 0.1) is 19.0 Å². The average Bonchev–Trinajstić information content (AvgIpc) is 3.44. The summed E-state index contributed by atoms with van der Waals surface area (Å²) in [6.07, 6.45) is 2.06. The number of aromatic nitrogens is 1. The number of rotatable bonds is 4. The Hall–Kier alpha value is -2.51. The molecule has 0 unspecified atom stereocenters. The van der Waals surface area contributed by atoms with Gasteiger partial charge in [-0.1, -0.05) is 18.2 Å². The number of thiophene rings is 1. The number of nitrogens with zero attached hydrogens (tertiary/aromatic N) is 3. The van der Waals surface area contributed by atoms with E-state index in [1.54, 1.807) is 11.3 Å². The molecule has 2 aliphatic rings. The van der Waals surface area contributed by atoms with Crippen molar-refractivity contribution in [2.45, 2.75) is 37.8 Å². The second-order valence-corrected chi connectivity index (χ2v) is 8.48. The Balaban J connectivity index is 1.24. The lowest BCUT2D eigenvalue weighted by atomic mass is 9.95. The highest BCUT2D eigenvalue weighted by molar-refractivity contribution is 7.09. The van der Waals surface area contributed by atoms with Crippen molar-refractivity contribution in [2.24, 2.45) is 0 Å². The minimum Gasteiger partial charge on any atom is -0.440 e. The summed E-state index contributed by atoms with van der Waals surface area (Å²) in [7, 11) is 0. The van der Waals surface area contributed by atoms with Crippen molar-refractivity contribution in [1.29, 1.82) is 0 Å². The molecule has 144 valence electrons. The predicted molar refractivity (Wildman–Crippen MR) is 106 cm³/mol. The first-order chi connectivity index (χ1) is 13.7. The standard InChI is InChI=1S/C21H21N3O3S/c25-19-12-17(21(26)24(19)13-15-4-3-11-28-15)23-9-7-14(8-10-23)20-22-16-5-1-2-6-18(16)27-20/h1-6,11,14,17H,7-10,12-13H2/t17-/m0/s1. The molecule has 2 saturated heterocycles. The van der Waals surface area contributed by atoms with Crippen LogP contribution in [0, 0.1) is 0 Å². The summed E-state index contributed by atoms with van der Waals surface area (Å²) in [6.45, 7) is 1.95. The molecule has 0 radical (unpaired) electrons. The minimum atomic E-state index is -0.322. The van der Waals surface area contributed by atoms with Gasteiger partial charge in [-0.2, -0.15) is 0 Å². The highest BCUT2D eigenvalue weighted by Gasteiger charge is 2.43. The molecule has 2 amide bonds. The van der Waals surface area contributed by atoms with Crippen LogP contribution < -0.4 is 0 Å². The van der Waals surface area contributed by atoms with E-state index in [2.05, 4.69) is 9.88 Å². The summed E-state index contributed by atoms with van der Waals surface area (Å²) in [5.74, 6) is 0.926. The van der Waals surface area contributed by atoms with Crippen LogP contribution >= 0.6 is 11.3 Å². The van der Waals surface area contributed by atoms with Gasteiger partial charge in [0.2, 0.25) is 11.8 Å². The molecule has 0 spiro atoms. The molecule has 0 N–H and O–H groups in total. The number of fused-ring (bicyclic) bond motifs is 1. The number of oxazole rings is 1. The summed E-state index contributed by atoms with van der Waals surface area (Å²) >= 11 is 1.57. The molecule has 2 aliphatic heterocycles. The molecule has 0 saturated carbocycles. The maximum atomic E-state index is 12.8. The van der Waals surface area contributed by atoms with Gasteiger partial charge in [0.15, 0.2) is 11.5 Å². The van der Waals surface area contributed by atoms with E-state index < -0.39 is 0 Å². The lowest BCUT2D eigenvalue weighted by Crippen LogP contribution is -2.45. The molecule has 28 heavy (non-hydrogen) atoms. The second-order valence-electron chi connectivity index (χ2n) is 7.45. The molecular formula is C21H21N3O3S. The molecule has 6 nitrogen and oxygen atoms in total. The van der Waals surface area contributed by atoms with Crippen LogP contribution in [0.4, 0.5) is 0 Å². The summed E-state index contributed by atoms with van der Waals surface area (Å²) in [5.41, 5.74) is 1.71. The molecule has 0 aliphatic carbocycles. The Bertz CT molecular complexity index is 972. The summed E-state index contributed by atoms with van der Waals surface area (Å²) in [6, 6.07) is 11.4. The van der Waals surface area contributed by atoms with Crippen LogP contribution in [-0.4, -0.2) is 45.7 Å². The molecule has 5 rings (SSSR count). The van der Waals surface area contributed by atoms with Gasteiger partial charge in [-0.05, 0) is 49.5 Å². The van der Waals surface area contributed by atoms with Crippen molar-refractivity contribution in [1.82, 2.24) is 14.8 Å². The van der Waals surface area contributed by atoms with E-state index in [1.807, 2.05) is 41.8 Å². The van der Waals surface area contributed by atoms with Crippen LogP contribution in [0.5, 0.6) is 0 Å². The van der Waals surface area contributed by atoms with E-state index in [1.165, 1.54) is 4.90 Å². The Morgan fingerprint density at radius 3 is 2.68 bits per heavy atom. The van der Waals surface area contributed by atoms with Crippen molar-refractivity contribution < 1.29 is 14.0 Å². The summed E-state index contributed by atoms with van der Waals surface area (Å²) in [4.78, 5) is 34.5. The number of imide groups is 1. The van der Waals surface area contributed by atoms with Crippen LogP contribution in [0.3, 0.4) is 0 Å². The first-order valence-corrected chi connectivity index (χ1v) is 10.5. The third-order valence-corrected chi connectivity index (χ3v) is 6.61. The van der Waals surface area contributed by atoms with Gasteiger partial charge in [-0.3, -0.25) is 19.4 Å². The SMILES string of the molecule is O=C1C[C@H](N2CCC(c3nc4ccccc4o3)CC2)C(=O)N1Cc1cccs1. The number of amides is 2. The lowest BCUT2D eigenvalue weighted by molar-refractivity contribution is -0.140. The van der Waals surface area contributed by atoms with Crippen LogP contribution in [0.25, 0.3) is 11.1 Å². The smallest absolute Gasteiger partial charge is 0.247 e. The van der Waals surface area contributed by atoms with Gasteiger partial charge in [0.25, 0.3) is 0 Å². The molecule has 2 fully saturated rings. The van der Waals surface area contributed by atoms with Crippen molar-refractivity contribution in [3.8, 4) is 0 Å². The molecular weight excluding hydrogens is 374 g/mol. The normalized spacial score (nSPS) is 21.9. The zero-order chi connectivity index (χ0) is 19.1. The molecule has 7 heteroatoms. The highest BCUT2D eigenvalue weighted by atomic mass is 32.1. The maximum Gasteiger partial charge on any atom is 0.247 e. The Morgan fingerprint density at radius 1 is 1.11 bits per heavy atom. The number of carbonyl (C=O) groups is 2. The van der Waals surface area contributed by atoms with E-state index in [0.717, 1.165) is 47.8 Å². The first-order valence-electron chi connectivity index (χ1n) is 9.65. The number of hydrogen-bond acceptors (Lipinski definition) is 6. The quantitative estimate of drug-likeness (QED) is 0.634. The highest BCUT2D eigenvalue weighted by Crippen LogP contribution is 2.32. The molecule has 1 atom stereocenters. The minimum absolute atomic E-state index is 0.0567. The van der Waals surface area contributed by atoms with Crippen LogP contribution in [0.1, 0.15) is 35.9 Å². The second kappa shape index (κ2) is 7.14.